The lowest BCUT2D eigenvalue weighted by molar-refractivity contribution is -0.193. The van der Waals surface area contributed by atoms with E-state index in [0.29, 0.717) is 19.4 Å². The van der Waals surface area contributed by atoms with E-state index in [9.17, 15) is 9.59 Å². The van der Waals surface area contributed by atoms with Crippen molar-refractivity contribution in [2.45, 2.75) is 38.8 Å². The topological polar surface area (TPSA) is 55.8 Å². The molecule has 1 amide bonds. The van der Waals surface area contributed by atoms with Crippen molar-refractivity contribution in [3.8, 4) is 0 Å². The van der Waals surface area contributed by atoms with Gasteiger partial charge in [-0.15, -0.1) is 0 Å². The average Bonchev–Trinajstić information content (AvgIpc) is 2.73. The molecule has 1 atom stereocenters. The Morgan fingerprint density at radius 1 is 1.38 bits per heavy atom. The largest absolute Gasteiger partial charge is 0.462 e. The fourth-order valence-electron chi connectivity index (χ4n) is 2.06. The number of amides is 1. The van der Waals surface area contributed by atoms with Crippen molar-refractivity contribution >= 4 is 11.9 Å². The summed E-state index contributed by atoms with van der Waals surface area (Å²) in [6.45, 7) is 4.35. The van der Waals surface area contributed by atoms with Gasteiger partial charge in [0, 0.05) is 26.5 Å². The second kappa shape index (κ2) is 5.30. The Kier molecular flexibility index (Phi) is 4.29. The maximum absolute atomic E-state index is 11.9. The number of rotatable bonds is 4. The van der Waals surface area contributed by atoms with Crippen molar-refractivity contribution in [1.82, 2.24) is 4.90 Å². The minimum atomic E-state index is -1.19. The van der Waals surface area contributed by atoms with Gasteiger partial charge in [-0.05, 0) is 13.3 Å². The maximum Gasteiger partial charge on any atom is 0.360 e. The summed E-state index contributed by atoms with van der Waals surface area (Å²) in [6, 6.07) is 0. The molecule has 1 heterocycles. The highest BCUT2D eigenvalue weighted by molar-refractivity contribution is 5.87. The second-order valence-corrected chi connectivity index (χ2v) is 3.71. The molecular formula is C11H19NO4. The normalized spacial score (nSPS) is 24.6. The molecule has 0 aliphatic carbocycles. The number of ether oxygens (including phenoxy) is 2. The summed E-state index contributed by atoms with van der Waals surface area (Å²) in [6.07, 6.45) is 1.64. The van der Waals surface area contributed by atoms with Crippen LogP contribution >= 0.6 is 0 Å². The summed E-state index contributed by atoms with van der Waals surface area (Å²) >= 11 is 0. The molecule has 1 saturated heterocycles. The van der Waals surface area contributed by atoms with Gasteiger partial charge >= 0.3 is 5.97 Å². The molecule has 1 fully saturated rings. The van der Waals surface area contributed by atoms with Crippen LogP contribution in [0, 0.1) is 0 Å². The maximum atomic E-state index is 11.9. The summed E-state index contributed by atoms with van der Waals surface area (Å²) in [7, 11) is 1.44. The van der Waals surface area contributed by atoms with Crippen molar-refractivity contribution < 1.29 is 19.1 Å². The molecule has 1 aliphatic rings. The van der Waals surface area contributed by atoms with Gasteiger partial charge in [0.25, 0.3) is 0 Å². The van der Waals surface area contributed by atoms with Crippen LogP contribution in [0.2, 0.25) is 0 Å². The van der Waals surface area contributed by atoms with E-state index in [1.807, 2.05) is 0 Å². The van der Waals surface area contributed by atoms with Crippen LogP contribution in [0.5, 0.6) is 0 Å². The quantitative estimate of drug-likeness (QED) is 0.673. The molecule has 0 radical (unpaired) electrons. The standard InChI is InChI=1S/C11H19NO4/c1-4-9(13)12-8-6-7-11(12,15-3)10(14)16-5-2/h4-8H2,1-3H3/t11-/m1/s1. The van der Waals surface area contributed by atoms with E-state index in [4.69, 9.17) is 9.47 Å². The van der Waals surface area contributed by atoms with Crippen molar-refractivity contribution in [3.05, 3.63) is 0 Å². The lowest BCUT2D eigenvalue weighted by Gasteiger charge is -2.34. The van der Waals surface area contributed by atoms with Crippen LogP contribution in [-0.2, 0) is 19.1 Å². The number of esters is 1. The predicted molar refractivity (Wildman–Crippen MR) is 57.6 cm³/mol. The highest BCUT2D eigenvalue weighted by Gasteiger charge is 2.51. The van der Waals surface area contributed by atoms with E-state index in [1.165, 1.54) is 12.0 Å². The van der Waals surface area contributed by atoms with Crippen LogP contribution in [0.1, 0.15) is 33.1 Å². The van der Waals surface area contributed by atoms with Crippen molar-refractivity contribution in [3.63, 3.8) is 0 Å². The molecule has 0 aromatic carbocycles. The Morgan fingerprint density at radius 2 is 2.06 bits per heavy atom. The lowest BCUT2D eigenvalue weighted by atomic mass is 10.1. The SMILES string of the molecule is CCOC(=O)[C@]1(OC)CCCN1C(=O)CC. The summed E-state index contributed by atoms with van der Waals surface area (Å²) in [5.74, 6) is -0.538. The fraction of sp³-hybridized carbons (Fsp3) is 0.818. The van der Waals surface area contributed by atoms with Crippen molar-refractivity contribution in [2.75, 3.05) is 20.3 Å². The van der Waals surface area contributed by atoms with E-state index in [2.05, 4.69) is 0 Å². The number of likely N-dealkylation sites (tertiary alicyclic amines) is 1. The van der Waals surface area contributed by atoms with Gasteiger partial charge < -0.3 is 14.4 Å². The number of carbonyl (C=O) groups excluding carboxylic acids is 2. The molecular weight excluding hydrogens is 210 g/mol. The number of hydrogen-bond donors (Lipinski definition) is 0. The second-order valence-electron chi connectivity index (χ2n) is 3.71. The molecule has 16 heavy (non-hydrogen) atoms. The summed E-state index contributed by atoms with van der Waals surface area (Å²) in [5, 5.41) is 0. The van der Waals surface area contributed by atoms with Crippen LogP contribution in [0.15, 0.2) is 0 Å². The first-order valence-electron chi connectivity index (χ1n) is 5.65. The van der Waals surface area contributed by atoms with Crippen molar-refractivity contribution in [2.24, 2.45) is 0 Å². The molecule has 92 valence electrons. The van der Waals surface area contributed by atoms with Gasteiger partial charge in [0.15, 0.2) is 0 Å². The minimum absolute atomic E-state index is 0.0765. The number of hydrogen-bond acceptors (Lipinski definition) is 4. The van der Waals surface area contributed by atoms with Gasteiger partial charge in [-0.1, -0.05) is 6.92 Å². The smallest absolute Gasteiger partial charge is 0.360 e. The summed E-state index contributed by atoms with van der Waals surface area (Å²) in [5.41, 5.74) is -1.19. The van der Waals surface area contributed by atoms with E-state index < -0.39 is 11.7 Å². The molecule has 1 aliphatic heterocycles. The third kappa shape index (κ3) is 2.04. The number of nitrogens with zero attached hydrogens (tertiary/aromatic N) is 1. The fourth-order valence-corrected chi connectivity index (χ4v) is 2.06. The van der Waals surface area contributed by atoms with E-state index in [0.717, 1.165) is 6.42 Å². The zero-order valence-electron chi connectivity index (χ0n) is 10.1. The zero-order valence-corrected chi connectivity index (χ0v) is 10.1. The molecule has 5 nitrogen and oxygen atoms in total. The predicted octanol–water partition coefficient (Wildman–Crippen LogP) is 0.925. The van der Waals surface area contributed by atoms with Gasteiger partial charge in [-0.2, -0.15) is 0 Å². The summed E-state index contributed by atoms with van der Waals surface area (Å²) in [4.78, 5) is 25.1. The van der Waals surface area contributed by atoms with Crippen LogP contribution in [0.25, 0.3) is 0 Å². The van der Waals surface area contributed by atoms with Gasteiger partial charge in [-0.3, -0.25) is 4.79 Å². The van der Waals surface area contributed by atoms with Gasteiger partial charge in [-0.25, -0.2) is 4.79 Å². The van der Waals surface area contributed by atoms with Crippen LogP contribution in [-0.4, -0.2) is 42.8 Å². The average molecular weight is 229 g/mol. The number of methoxy groups -OCH3 is 1. The van der Waals surface area contributed by atoms with E-state index >= 15 is 0 Å². The van der Waals surface area contributed by atoms with Gasteiger partial charge in [0.2, 0.25) is 11.6 Å². The Labute approximate surface area is 95.7 Å². The lowest BCUT2D eigenvalue weighted by Crippen LogP contribution is -2.55. The highest BCUT2D eigenvalue weighted by atomic mass is 16.6. The monoisotopic (exact) mass is 229 g/mol. The van der Waals surface area contributed by atoms with E-state index in [1.54, 1.807) is 13.8 Å². The Morgan fingerprint density at radius 3 is 2.56 bits per heavy atom. The molecule has 0 unspecified atom stereocenters. The summed E-state index contributed by atoms with van der Waals surface area (Å²) < 4.78 is 10.3. The first kappa shape index (κ1) is 13.0. The Balaban J connectivity index is 2.92. The minimum Gasteiger partial charge on any atom is -0.462 e. The third-order valence-corrected chi connectivity index (χ3v) is 2.87. The molecule has 0 spiro atoms. The first-order valence-corrected chi connectivity index (χ1v) is 5.65. The van der Waals surface area contributed by atoms with Gasteiger partial charge in [0.1, 0.15) is 0 Å². The zero-order chi connectivity index (χ0) is 12.2. The molecule has 0 saturated carbocycles. The molecule has 1 rings (SSSR count). The van der Waals surface area contributed by atoms with Crippen LogP contribution in [0.4, 0.5) is 0 Å². The molecule has 0 bridgehead atoms. The Bertz CT molecular complexity index is 279. The number of carbonyl (C=O) groups is 2. The van der Waals surface area contributed by atoms with Crippen LogP contribution < -0.4 is 0 Å². The first-order chi connectivity index (χ1) is 7.62. The molecule has 5 heteroatoms. The Hall–Kier alpha value is -1.10. The molecule has 0 aromatic heterocycles. The molecule has 0 N–H and O–H groups in total. The van der Waals surface area contributed by atoms with E-state index in [-0.39, 0.29) is 12.5 Å². The third-order valence-electron chi connectivity index (χ3n) is 2.87. The highest BCUT2D eigenvalue weighted by Crippen LogP contribution is 2.32. The van der Waals surface area contributed by atoms with Gasteiger partial charge in [0.05, 0.1) is 6.61 Å². The van der Waals surface area contributed by atoms with Crippen LogP contribution in [0.3, 0.4) is 0 Å². The van der Waals surface area contributed by atoms with Crippen molar-refractivity contribution in [1.29, 1.82) is 0 Å². The molecule has 0 aromatic rings.